The second-order valence-corrected chi connectivity index (χ2v) is 3.75. The predicted octanol–water partition coefficient (Wildman–Crippen LogP) is 2.87. The van der Waals surface area contributed by atoms with E-state index in [1.54, 1.807) is 0 Å². The number of methoxy groups -OCH3 is 1. The van der Waals surface area contributed by atoms with Crippen molar-refractivity contribution in [2.75, 3.05) is 7.11 Å². The van der Waals surface area contributed by atoms with Gasteiger partial charge in [-0.3, -0.25) is 0 Å². The summed E-state index contributed by atoms with van der Waals surface area (Å²) in [5.74, 6) is -1.25. The van der Waals surface area contributed by atoms with Crippen molar-refractivity contribution in [3.63, 3.8) is 0 Å². The molecule has 0 aliphatic carbocycles. The molecule has 0 aliphatic heterocycles. The molecule has 70 valence electrons. The smallest absolute Gasteiger partial charge is 0.340 e. The van der Waals surface area contributed by atoms with Crippen molar-refractivity contribution in [3.05, 3.63) is 32.1 Å². The van der Waals surface area contributed by atoms with Crippen molar-refractivity contribution in [1.29, 1.82) is 0 Å². The van der Waals surface area contributed by atoms with Gasteiger partial charge >= 0.3 is 5.97 Å². The zero-order valence-electron chi connectivity index (χ0n) is 6.61. The molecule has 2 nitrogen and oxygen atoms in total. The Morgan fingerprint density at radius 2 is 2.23 bits per heavy atom. The Morgan fingerprint density at radius 3 is 2.77 bits per heavy atom. The zero-order chi connectivity index (χ0) is 10.0. The van der Waals surface area contributed by atoms with Gasteiger partial charge in [0.2, 0.25) is 0 Å². The Kier molecular flexibility index (Phi) is 3.49. The second-order valence-electron chi connectivity index (χ2n) is 2.21. The number of rotatable bonds is 1. The van der Waals surface area contributed by atoms with Gasteiger partial charge in [0.05, 0.1) is 17.7 Å². The molecular formula is C8H5ClFIO2. The Morgan fingerprint density at radius 1 is 1.62 bits per heavy atom. The van der Waals surface area contributed by atoms with Crippen LogP contribution in [0.4, 0.5) is 4.39 Å². The van der Waals surface area contributed by atoms with Crippen molar-refractivity contribution in [3.8, 4) is 0 Å². The average molecular weight is 314 g/mol. The number of carbonyl (C=O) groups is 1. The van der Waals surface area contributed by atoms with Crippen LogP contribution >= 0.6 is 34.2 Å². The van der Waals surface area contributed by atoms with E-state index in [0.29, 0.717) is 3.57 Å². The first-order chi connectivity index (χ1) is 6.07. The summed E-state index contributed by atoms with van der Waals surface area (Å²) in [4.78, 5) is 11.1. The van der Waals surface area contributed by atoms with Gasteiger partial charge in [-0.2, -0.15) is 0 Å². The lowest BCUT2D eigenvalue weighted by atomic mass is 10.2. The summed E-state index contributed by atoms with van der Waals surface area (Å²) in [6, 6.07) is 2.67. The third kappa shape index (κ3) is 2.11. The molecule has 1 aromatic rings. The van der Waals surface area contributed by atoms with Crippen LogP contribution in [0, 0.1) is 9.39 Å². The maximum Gasteiger partial charge on any atom is 0.340 e. The summed E-state index contributed by atoms with van der Waals surface area (Å²) in [5.41, 5.74) is 0.0739. The molecule has 0 bridgehead atoms. The molecule has 0 unspecified atom stereocenters. The van der Waals surface area contributed by atoms with Crippen LogP contribution in [0.3, 0.4) is 0 Å². The van der Waals surface area contributed by atoms with Crippen LogP contribution < -0.4 is 0 Å². The summed E-state index contributed by atoms with van der Waals surface area (Å²) in [5, 5.41) is -0.196. The van der Waals surface area contributed by atoms with E-state index in [-0.39, 0.29) is 10.6 Å². The monoisotopic (exact) mass is 314 g/mol. The topological polar surface area (TPSA) is 26.3 Å². The maximum atomic E-state index is 12.9. The molecule has 0 saturated heterocycles. The average Bonchev–Trinajstić information content (AvgIpc) is 2.12. The number of benzene rings is 1. The molecule has 13 heavy (non-hydrogen) atoms. The molecular weight excluding hydrogens is 309 g/mol. The Balaban J connectivity index is 3.33. The lowest BCUT2D eigenvalue weighted by molar-refractivity contribution is 0.0599. The normalized spacial score (nSPS) is 9.85. The van der Waals surface area contributed by atoms with E-state index in [4.69, 9.17) is 11.6 Å². The van der Waals surface area contributed by atoms with Gasteiger partial charge in [0.15, 0.2) is 0 Å². The molecule has 1 aromatic carbocycles. The second kappa shape index (κ2) is 4.23. The number of carbonyl (C=O) groups excluding carboxylic acids is 1. The van der Waals surface area contributed by atoms with Gasteiger partial charge in [-0.1, -0.05) is 11.6 Å². The quantitative estimate of drug-likeness (QED) is 0.453. The van der Waals surface area contributed by atoms with Crippen LogP contribution in [0.15, 0.2) is 12.1 Å². The van der Waals surface area contributed by atoms with Gasteiger partial charge in [0.25, 0.3) is 0 Å². The molecule has 0 spiro atoms. The third-order valence-electron chi connectivity index (χ3n) is 1.43. The van der Waals surface area contributed by atoms with Gasteiger partial charge < -0.3 is 4.74 Å². The van der Waals surface area contributed by atoms with Crippen molar-refractivity contribution < 1.29 is 13.9 Å². The molecule has 0 heterocycles. The standard InChI is InChI=1S/C8H5ClFIO2/c1-13-8(12)6-5(11)3-2-4(10)7(6)9/h2-3H,1H3. The van der Waals surface area contributed by atoms with Crippen molar-refractivity contribution in [1.82, 2.24) is 0 Å². The summed E-state index contributed by atoms with van der Waals surface area (Å²) >= 11 is 7.48. The van der Waals surface area contributed by atoms with Crippen molar-refractivity contribution >= 4 is 40.2 Å². The zero-order valence-corrected chi connectivity index (χ0v) is 9.52. The number of ether oxygens (including phenoxy) is 1. The van der Waals surface area contributed by atoms with E-state index in [1.807, 2.05) is 22.6 Å². The van der Waals surface area contributed by atoms with Gasteiger partial charge in [0, 0.05) is 3.57 Å². The number of halogens is 3. The molecule has 1 rings (SSSR count). The minimum absolute atomic E-state index is 0.0739. The van der Waals surface area contributed by atoms with E-state index >= 15 is 0 Å². The summed E-state index contributed by atoms with van der Waals surface area (Å²) in [7, 11) is 1.22. The number of hydrogen-bond acceptors (Lipinski definition) is 2. The SMILES string of the molecule is COC(=O)c1c(I)ccc(F)c1Cl. The van der Waals surface area contributed by atoms with E-state index < -0.39 is 11.8 Å². The highest BCUT2D eigenvalue weighted by Crippen LogP contribution is 2.25. The maximum absolute atomic E-state index is 12.9. The van der Waals surface area contributed by atoms with Crippen LogP contribution in [0.1, 0.15) is 10.4 Å². The minimum atomic E-state index is -0.631. The van der Waals surface area contributed by atoms with E-state index in [0.717, 1.165) is 0 Å². The molecule has 5 heteroatoms. The fourth-order valence-corrected chi connectivity index (χ4v) is 1.89. The van der Waals surface area contributed by atoms with E-state index in [2.05, 4.69) is 4.74 Å². The van der Waals surface area contributed by atoms with E-state index in [1.165, 1.54) is 19.2 Å². The molecule has 0 amide bonds. The molecule has 0 fully saturated rings. The molecule has 0 aromatic heterocycles. The molecule has 0 aliphatic rings. The highest BCUT2D eigenvalue weighted by molar-refractivity contribution is 14.1. The highest BCUT2D eigenvalue weighted by atomic mass is 127. The predicted molar refractivity (Wildman–Crippen MR) is 55.5 cm³/mol. The van der Waals surface area contributed by atoms with Gasteiger partial charge in [0.1, 0.15) is 5.82 Å². The summed E-state index contributed by atoms with van der Waals surface area (Å²) < 4.78 is 17.9. The first-order valence-corrected chi connectivity index (χ1v) is 4.75. The van der Waals surface area contributed by atoms with Gasteiger partial charge in [-0.15, -0.1) is 0 Å². The van der Waals surface area contributed by atoms with Crippen LogP contribution in [0.2, 0.25) is 5.02 Å². The highest BCUT2D eigenvalue weighted by Gasteiger charge is 2.17. The third-order valence-corrected chi connectivity index (χ3v) is 2.70. The van der Waals surface area contributed by atoms with Gasteiger partial charge in [-0.25, -0.2) is 9.18 Å². The first kappa shape index (κ1) is 10.7. The Hall–Kier alpha value is -0.360. The molecule has 0 radical (unpaired) electrons. The first-order valence-electron chi connectivity index (χ1n) is 3.29. The van der Waals surface area contributed by atoms with Crippen LogP contribution in [0.25, 0.3) is 0 Å². The Bertz CT molecular complexity index is 354. The fraction of sp³-hybridized carbons (Fsp3) is 0.125. The minimum Gasteiger partial charge on any atom is -0.465 e. The lowest BCUT2D eigenvalue weighted by Crippen LogP contribution is -2.05. The molecule has 0 saturated carbocycles. The summed E-state index contributed by atoms with van der Waals surface area (Å²) in [6.45, 7) is 0. The lowest BCUT2D eigenvalue weighted by Gasteiger charge is -2.04. The largest absolute Gasteiger partial charge is 0.465 e. The van der Waals surface area contributed by atoms with Crippen molar-refractivity contribution in [2.24, 2.45) is 0 Å². The number of hydrogen-bond donors (Lipinski definition) is 0. The van der Waals surface area contributed by atoms with Gasteiger partial charge in [-0.05, 0) is 34.7 Å². The van der Waals surface area contributed by atoms with E-state index in [9.17, 15) is 9.18 Å². The van der Waals surface area contributed by atoms with Crippen LogP contribution in [0.5, 0.6) is 0 Å². The van der Waals surface area contributed by atoms with Crippen molar-refractivity contribution in [2.45, 2.75) is 0 Å². The molecule has 0 N–H and O–H groups in total. The molecule has 0 atom stereocenters. The summed E-state index contributed by atoms with van der Waals surface area (Å²) in [6.07, 6.45) is 0. The number of esters is 1. The fourth-order valence-electron chi connectivity index (χ4n) is 0.816. The van der Waals surface area contributed by atoms with Crippen LogP contribution in [-0.2, 0) is 4.74 Å². The van der Waals surface area contributed by atoms with Crippen LogP contribution in [-0.4, -0.2) is 13.1 Å². The Labute approximate surface area is 93.2 Å².